The molecule has 0 fully saturated rings. The van der Waals surface area contributed by atoms with Crippen LogP contribution in [0.4, 0.5) is 10.1 Å². The fourth-order valence-corrected chi connectivity index (χ4v) is 8.11. The third-order valence-electron chi connectivity index (χ3n) is 10.7. The lowest BCUT2D eigenvalue weighted by atomic mass is 9.98. The lowest BCUT2D eigenvalue weighted by molar-refractivity contribution is -0.166. The number of aromatic nitrogens is 2. The molecule has 2 aromatic heterocycles. The van der Waals surface area contributed by atoms with Crippen molar-refractivity contribution in [3.63, 3.8) is 0 Å². The number of carbonyl (C=O) groups is 5. The van der Waals surface area contributed by atoms with E-state index in [-0.39, 0.29) is 22.9 Å². The number of carboxylic acid groups (broad SMARTS) is 2. The van der Waals surface area contributed by atoms with Crippen LogP contribution in [0.2, 0.25) is 0 Å². The van der Waals surface area contributed by atoms with E-state index in [1.807, 2.05) is 28.3 Å². The first-order valence-corrected chi connectivity index (χ1v) is 22.2. The summed E-state index contributed by atoms with van der Waals surface area (Å²) < 4.78 is 26.2. The first kappa shape index (κ1) is 49.3. The van der Waals surface area contributed by atoms with Gasteiger partial charge in [-0.1, -0.05) is 56.2 Å². The number of anilines is 1. The van der Waals surface area contributed by atoms with Crippen molar-refractivity contribution in [3.8, 4) is 0 Å². The zero-order valence-electron chi connectivity index (χ0n) is 37.4. The molecule has 2 heterocycles. The average molecular weight is 907 g/mol. The van der Waals surface area contributed by atoms with Crippen LogP contribution in [0.3, 0.4) is 0 Å². The summed E-state index contributed by atoms with van der Waals surface area (Å²) >= 11 is 1.87. The number of benzene rings is 4. The molecule has 0 aliphatic carbocycles. The highest BCUT2D eigenvalue weighted by Crippen LogP contribution is 2.39. The zero-order chi connectivity index (χ0) is 47.2. The number of hydrogen-bond acceptors (Lipinski definition) is 10. The third kappa shape index (κ3) is 13.9. The van der Waals surface area contributed by atoms with E-state index in [1.54, 1.807) is 38.1 Å². The zero-order valence-corrected chi connectivity index (χ0v) is 38.2. The maximum absolute atomic E-state index is 13.2. The SMILES string of the molecule is CCCn1cc(CCN(C)CCc2c(C(C)CC)sc3ccc(NC(=O)c4ccc(F)cc4)cc23)cn1.Cc1ccc(C(=O)OC(C(=O)O)C(OC(=O)c2ccc(C)cc2)C(=O)O)cc1. The van der Waals surface area contributed by atoms with Gasteiger partial charge in [-0.05, 0) is 136 Å². The lowest BCUT2D eigenvalue weighted by Crippen LogP contribution is -2.45. The van der Waals surface area contributed by atoms with Gasteiger partial charge in [0.25, 0.3) is 5.91 Å². The number of rotatable bonds is 19. The number of thiophene rings is 1. The van der Waals surface area contributed by atoms with Crippen LogP contribution in [0.15, 0.2) is 103 Å². The maximum atomic E-state index is 13.2. The number of amides is 1. The number of carbonyl (C=O) groups excluding carboxylic acids is 3. The molecule has 15 heteroatoms. The monoisotopic (exact) mass is 906 g/mol. The number of nitrogens with one attached hydrogen (secondary N) is 1. The molecule has 3 N–H and O–H groups in total. The van der Waals surface area contributed by atoms with Crippen LogP contribution < -0.4 is 5.32 Å². The topological polar surface area (TPSA) is 177 Å². The fourth-order valence-electron chi connectivity index (χ4n) is 6.74. The summed E-state index contributed by atoms with van der Waals surface area (Å²) in [4.78, 5) is 63.9. The quantitative estimate of drug-likeness (QED) is 0.0660. The van der Waals surface area contributed by atoms with Crippen molar-refractivity contribution in [2.24, 2.45) is 0 Å². The Morgan fingerprint density at radius 2 is 1.32 bits per heavy atom. The van der Waals surface area contributed by atoms with E-state index < -0.39 is 36.1 Å². The number of halogens is 1. The normalized spacial score (nSPS) is 12.4. The van der Waals surface area contributed by atoms with E-state index in [9.17, 15) is 38.6 Å². The Morgan fingerprint density at radius 1 is 0.785 bits per heavy atom. The standard InChI is InChI=1S/C30H37FN4OS.C20H18O8/c1-5-15-35-20-22(19-32-35)13-16-34(4)17-14-26-27-18-25(11-12-28(27)37-29(26)21(3)6-2)33-30(36)23-7-9-24(31)10-8-23;1-11-3-7-13(8-4-11)19(25)27-15(17(21)22)16(18(23)24)28-20(26)14-9-5-12(2)6-10-14/h7-12,18-21H,5-6,13-17H2,1-4H3,(H,33,36);3-10,15-16H,1-2H3,(H,21,22)(H,23,24). The van der Waals surface area contributed by atoms with Gasteiger partial charge in [0.2, 0.25) is 12.2 Å². The molecule has 0 saturated heterocycles. The molecule has 3 unspecified atom stereocenters. The molecule has 0 bridgehead atoms. The molecule has 1 amide bonds. The summed E-state index contributed by atoms with van der Waals surface area (Å²) in [6, 6.07) is 23.8. The fraction of sp³-hybridized carbons (Fsp3) is 0.320. The summed E-state index contributed by atoms with van der Waals surface area (Å²) in [7, 11) is 2.18. The van der Waals surface area contributed by atoms with Gasteiger partial charge in [0.1, 0.15) is 5.82 Å². The van der Waals surface area contributed by atoms with Crippen LogP contribution in [-0.4, -0.2) is 87.0 Å². The van der Waals surface area contributed by atoms with Crippen molar-refractivity contribution in [1.82, 2.24) is 14.7 Å². The molecule has 4 aromatic carbocycles. The molecule has 0 saturated carbocycles. The number of fused-ring (bicyclic) bond motifs is 1. The van der Waals surface area contributed by atoms with E-state index >= 15 is 0 Å². The van der Waals surface area contributed by atoms with Crippen LogP contribution in [-0.2, 0) is 38.4 Å². The Labute approximate surface area is 381 Å². The highest BCUT2D eigenvalue weighted by molar-refractivity contribution is 7.19. The van der Waals surface area contributed by atoms with Crippen LogP contribution in [0.25, 0.3) is 10.1 Å². The van der Waals surface area contributed by atoms with Gasteiger partial charge in [-0.2, -0.15) is 5.10 Å². The number of ether oxygens (including phenoxy) is 2. The van der Waals surface area contributed by atoms with E-state index in [1.165, 1.54) is 74.6 Å². The van der Waals surface area contributed by atoms with Gasteiger partial charge in [0, 0.05) is 46.7 Å². The van der Waals surface area contributed by atoms with Crippen LogP contribution in [0.5, 0.6) is 0 Å². The predicted molar refractivity (Wildman–Crippen MR) is 248 cm³/mol. The number of hydrogen-bond donors (Lipinski definition) is 3. The number of nitrogens with zero attached hydrogens (tertiary/aromatic N) is 3. The van der Waals surface area contributed by atoms with E-state index in [4.69, 9.17) is 9.47 Å². The summed E-state index contributed by atoms with van der Waals surface area (Å²) in [6.07, 6.45) is 3.83. The summed E-state index contributed by atoms with van der Waals surface area (Å²) in [5.41, 5.74) is 5.65. The predicted octanol–water partition coefficient (Wildman–Crippen LogP) is 9.35. The van der Waals surface area contributed by atoms with Crippen LogP contribution in [0, 0.1) is 19.7 Å². The molecule has 6 aromatic rings. The molecule has 6 rings (SSSR count). The highest BCUT2D eigenvalue weighted by atomic mass is 32.1. The van der Waals surface area contributed by atoms with E-state index in [0.717, 1.165) is 62.1 Å². The Kier molecular flexibility index (Phi) is 17.7. The van der Waals surface area contributed by atoms with Gasteiger partial charge in [-0.3, -0.25) is 9.48 Å². The van der Waals surface area contributed by atoms with E-state index in [0.29, 0.717) is 11.5 Å². The molecule has 0 aliphatic rings. The van der Waals surface area contributed by atoms with Gasteiger partial charge in [0.05, 0.1) is 17.3 Å². The Balaban J connectivity index is 0.000000254. The second kappa shape index (κ2) is 23.3. The molecule has 13 nitrogen and oxygen atoms in total. The lowest BCUT2D eigenvalue weighted by Gasteiger charge is -2.21. The second-order valence-electron chi connectivity index (χ2n) is 15.9. The first-order chi connectivity index (χ1) is 31.1. The third-order valence-corrected chi connectivity index (χ3v) is 12.2. The van der Waals surface area contributed by atoms with Crippen molar-refractivity contribution in [2.45, 2.75) is 85.0 Å². The van der Waals surface area contributed by atoms with Crippen LogP contribution in [0.1, 0.15) is 97.7 Å². The summed E-state index contributed by atoms with van der Waals surface area (Å²) in [5.74, 6) is -5.72. The van der Waals surface area contributed by atoms with Gasteiger partial charge in [-0.25, -0.2) is 23.6 Å². The molecular formula is C50H55FN4O9S. The highest BCUT2D eigenvalue weighted by Gasteiger charge is 2.41. The number of aryl methyl sites for hydroxylation is 3. The second-order valence-corrected chi connectivity index (χ2v) is 17.0. The Morgan fingerprint density at radius 3 is 1.85 bits per heavy atom. The van der Waals surface area contributed by atoms with Crippen molar-refractivity contribution in [2.75, 3.05) is 25.5 Å². The van der Waals surface area contributed by atoms with Crippen LogP contribution >= 0.6 is 11.3 Å². The molecule has 0 radical (unpaired) electrons. The summed E-state index contributed by atoms with van der Waals surface area (Å²) in [6.45, 7) is 13.2. The summed E-state index contributed by atoms with van der Waals surface area (Å²) in [5, 5.41) is 27.3. The number of esters is 2. The van der Waals surface area contributed by atoms with Gasteiger partial charge in [-0.15, -0.1) is 11.3 Å². The number of likely N-dealkylation sites (N-methyl/N-ethyl adjacent to an activating group) is 1. The van der Waals surface area contributed by atoms with Gasteiger partial charge in [0.15, 0.2) is 0 Å². The minimum atomic E-state index is -2.22. The van der Waals surface area contributed by atoms with Crippen molar-refractivity contribution >= 4 is 56.9 Å². The van der Waals surface area contributed by atoms with Crippen molar-refractivity contribution < 1.29 is 48.0 Å². The van der Waals surface area contributed by atoms with E-state index in [2.05, 4.69) is 61.5 Å². The number of carboxylic acids is 2. The number of aliphatic carboxylic acids is 2. The molecule has 0 spiro atoms. The molecular weight excluding hydrogens is 852 g/mol. The minimum Gasteiger partial charge on any atom is -0.478 e. The smallest absolute Gasteiger partial charge is 0.349 e. The van der Waals surface area contributed by atoms with Crippen molar-refractivity contribution in [3.05, 3.63) is 153 Å². The maximum Gasteiger partial charge on any atom is 0.349 e. The average Bonchev–Trinajstić information content (AvgIpc) is 3.90. The van der Waals surface area contributed by atoms with Gasteiger partial charge < -0.3 is 29.9 Å². The molecule has 65 heavy (non-hydrogen) atoms. The molecule has 0 aliphatic heterocycles. The largest absolute Gasteiger partial charge is 0.478 e. The molecule has 3 atom stereocenters. The molecule has 342 valence electrons. The Bertz CT molecular complexity index is 2500. The minimum absolute atomic E-state index is 0.0332. The Hall–Kier alpha value is -6.71. The van der Waals surface area contributed by atoms with Crippen molar-refractivity contribution in [1.29, 1.82) is 0 Å². The first-order valence-electron chi connectivity index (χ1n) is 21.4. The van der Waals surface area contributed by atoms with Gasteiger partial charge >= 0.3 is 23.9 Å².